The van der Waals surface area contributed by atoms with Crippen molar-refractivity contribution in [2.45, 2.75) is 18.9 Å². The fraction of sp³-hybridized carbons (Fsp3) is 0.154. The first-order valence-electron chi connectivity index (χ1n) is 10.1. The van der Waals surface area contributed by atoms with Crippen molar-refractivity contribution in [1.82, 2.24) is 0 Å². The number of hydrogen-bond acceptors (Lipinski definition) is 4. The molecule has 2 aliphatic heterocycles. The van der Waals surface area contributed by atoms with Gasteiger partial charge in [-0.3, -0.25) is 14.5 Å². The van der Waals surface area contributed by atoms with E-state index in [1.807, 2.05) is 92.7 Å². The minimum Gasteiger partial charge on any atom is -0.449 e. The van der Waals surface area contributed by atoms with Crippen LogP contribution >= 0.6 is 11.8 Å². The van der Waals surface area contributed by atoms with Gasteiger partial charge in [0.2, 0.25) is 11.7 Å². The van der Waals surface area contributed by atoms with Crippen molar-refractivity contribution in [1.29, 1.82) is 0 Å². The van der Waals surface area contributed by atoms with Crippen molar-refractivity contribution in [3.63, 3.8) is 0 Å². The van der Waals surface area contributed by atoms with E-state index in [2.05, 4.69) is 0 Å². The molecule has 5 heteroatoms. The van der Waals surface area contributed by atoms with Crippen LogP contribution in [0, 0.1) is 13.8 Å². The van der Waals surface area contributed by atoms with E-state index in [9.17, 15) is 9.59 Å². The fourth-order valence-corrected chi connectivity index (χ4v) is 5.43. The summed E-state index contributed by atoms with van der Waals surface area (Å²) in [6.07, 6.45) is 0. The van der Waals surface area contributed by atoms with Gasteiger partial charge in [-0.05, 0) is 30.5 Å². The molecule has 154 valence electrons. The molecule has 3 aromatic carbocycles. The Morgan fingerprint density at radius 2 is 1.39 bits per heavy atom. The molecule has 1 amide bonds. The second-order valence-corrected chi connectivity index (χ2v) is 8.84. The molecule has 1 fully saturated rings. The summed E-state index contributed by atoms with van der Waals surface area (Å²) in [5.41, 5.74) is 4.71. The molecule has 4 nitrogen and oxygen atoms in total. The minimum absolute atomic E-state index is 0.127. The summed E-state index contributed by atoms with van der Waals surface area (Å²) in [6, 6.07) is 25.0. The predicted octanol–water partition coefficient (Wildman–Crippen LogP) is 5.20. The Labute approximate surface area is 185 Å². The van der Waals surface area contributed by atoms with Crippen LogP contribution < -0.4 is 4.90 Å². The van der Waals surface area contributed by atoms with E-state index >= 15 is 0 Å². The Balaban J connectivity index is 1.72. The first kappa shape index (κ1) is 19.6. The Morgan fingerprint density at radius 3 is 2.00 bits per heavy atom. The number of nitrogens with zero attached hydrogens (tertiary/aromatic N) is 1. The molecular weight excluding hydrogens is 406 g/mol. The molecule has 3 aromatic rings. The number of ketones is 1. The van der Waals surface area contributed by atoms with Gasteiger partial charge < -0.3 is 4.74 Å². The molecule has 0 radical (unpaired) electrons. The van der Waals surface area contributed by atoms with Crippen molar-refractivity contribution in [2.24, 2.45) is 0 Å². The predicted molar refractivity (Wildman–Crippen MR) is 124 cm³/mol. The number of thioether (sulfide) groups is 1. The topological polar surface area (TPSA) is 46.6 Å². The second kappa shape index (κ2) is 7.43. The van der Waals surface area contributed by atoms with Gasteiger partial charge in [-0.2, -0.15) is 0 Å². The standard InChI is InChI=1S/C26H21NO3S/c1-17-10-9-11-18(2)23(17)27-21(28)16-31-26(27)25(29)22(19-12-5-3-6-13-19)24(30-26)20-14-7-4-8-15-20/h3-15H,16H2,1-2H3. The largest absolute Gasteiger partial charge is 0.449 e. The number of hydrogen-bond donors (Lipinski definition) is 0. The van der Waals surface area contributed by atoms with E-state index < -0.39 is 5.06 Å². The van der Waals surface area contributed by atoms with Crippen LogP contribution in [0.4, 0.5) is 5.69 Å². The van der Waals surface area contributed by atoms with Gasteiger partial charge in [-0.25, -0.2) is 0 Å². The Hall–Kier alpha value is -3.31. The highest BCUT2D eigenvalue weighted by atomic mass is 32.2. The van der Waals surface area contributed by atoms with Crippen LogP contribution in [-0.4, -0.2) is 22.5 Å². The normalized spacial score (nSPS) is 20.6. The average Bonchev–Trinajstić information content (AvgIpc) is 3.27. The number of benzene rings is 3. The Bertz CT molecular complexity index is 1200. The van der Waals surface area contributed by atoms with Crippen LogP contribution in [0.5, 0.6) is 0 Å². The van der Waals surface area contributed by atoms with E-state index in [0.29, 0.717) is 11.3 Å². The summed E-state index contributed by atoms with van der Waals surface area (Å²) in [6.45, 7) is 3.91. The van der Waals surface area contributed by atoms with Crippen molar-refractivity contribution >= 4 is 40.5 Å². The number of rotatable bonds is 3. The number of anilines is 1. The number of carbonyl (C=O) groups is 2. The molecule has 0 aliphatic carbocycles. The molecule has 5 rings (SSSR count). The maximum absolute atomic E-state index is 14.1. The molecule has 2 heterocycles. The van der Waals surface area contributed by atoms with Crippen LogP contribution in [0.25, 0.3) is 11.3 Å². The Kier molecular flexibility index (Phi) is 4.71. The summed E-state index contributed by atoms with van der Waals surface area (Å²) in [5.74, 6) is 0.368. The van der Waals surface area contributed by atoms with E-state index in [4.69, 9.17) is 4.74 Å². The summed E-state index contributed by atoms with van der Waals surface area (Å²) in [5, 5.41) is -1.44. The summed E-state index contributed by atoms with van der Waals surface area (Å²) in [4.78, 5) is 28.8. The van der Waals surface area contributed by atoms with Gasteiger partial charge in [0, 0.05) is 5.56 Å². The summed E-state index contributed by atoms with van der Waals surface area (Å²) < 4.78 is 6.52. The van der Waals surface area contributed by atoms with Crippen LogP contribution in [0.3, 0.4) is 0 Å². The van der Waals surface area contributed by atoms with E-state index in [0.717, 1.165) is 27.9 Å². The van der Waals surface area contributed by atoms with E-state index in [1.165, 1.54) is 11.8 Å². The Morgan fingerprint density at radius 1 is 0.806 bits per heavy atom. The summed E-state index contributed by atoms with van der Waals surface area (Å²) >= 11 is 1.25. The molecular formula is C26H21NO3S. The molecule has 2 aliphatic rings. The molecule has 31 heavy (non-hydrogen) atoms. The SMILES string of the molecule is Cc1cccc(C)c1N1C(=O)CSC12OC(c1ccccc1)=C(c1ccccc1)C2=O. The highest BCUT2D eigenvalue weighted by Crippen LogP contribution is 2.53. The lowest BCUT2D eigenvalue weighted by molar-refractivity contribution is -0.126. The number of carbonyl (C=O) groups excluding carboxylic acids is 2. The molecule has 1 unspecified atom stereocenters. The van der Waals surface area contributed by atoms with Crippen molar-refractivity contribution in [3.05, 3.63) is 101 Å². The highest BCUT2D eigenvalue weighted by molar-refractivity contribution is 8.02. The van der Waals surface area contributed by atoms with Crippen molar-refractivity contribution in [2.75, 3.05) is 10.7 Å². The zero-order chi connectivity index (χ0) is 21.6. The van der Waals surface area contributed by atoms with Gasteiger partial charge in [-0.15, -0.1) is 0 Å². The van der Waals surface area contributed by atoms with Gasteiger partial charge in [0.15, 0.2) is 0 Å². The van der Waals surface area contributed by atoms with Crippen LogP contribution in [0.2, 0.25) is 0 Å². The maximum atomic E-state index is 14.1. The minimum atomic E-state index is -1.44. The quantitative estimate of drug-likeness (QED) is 0.576. The summed E-state index contributed by atoms with van der Waals surface area (Å²) in [7, 11) is 0. The van der Waals surface area contributed by atoms with Crippen LogP contribution in [-0.2, 0) is 14.3 Å². The van der Waals surface area contributed by atoms with Gasteiger partial charge in [0.1, 0.15) is 5.76 Å². The lowest BCUT2D eigenvalue weighted by atomic mass is 9.97. The molecule has 0 bridgehead atoms. The highest BCUT2D eigenvalue weighted by Gasteiger charge is 2.61. The number of ether oxygens (including phenoxy) is 1. The molecule has 0 saturated carbocycles. The third kappa shape index (κ3) is 3.00. The lowest BCUT2D eigenvalue weighted by Gasteiger charge is -2.34. The average molecular weight is 428 g/mol. The van der Waals surface area contributed by atoms with Crippen LogP contribution in [0.15, 0.2) is 78.9 Å². The van der Waals surface area contributed by atoms with Crippen molar-refractivity contribution < 1.29 is 14.3 Å². The maximum Gasteiger partial charge on any atom is 0.303 e. The van der Waals surface area contributed by atoms with E-state index in [1.54, 1.807) is 4.90 Å². The van der Waals surface area contributed by atoms with Crippen LogP contribution in [0.1, 0.15) is 22.3 Å². The van der Waals surface area contributed by atoms with Crippen molar-refractivity contribution in [3.8, 4) is 0 Å². The number of para-hydroxylation sites is 1. The number of amides is 1. The van der Waals surface area contributed by atoms with E-state index in [-0.39, 0.29) is 17.4 Å². The van der Waals surface area contributed by atoms with Gasteiger partial charge in [0.25, 0.3) is 0 Å². The lowest BCUT2D eigenvalue weighted by Crippen LogP contribution is -2.50. The second-order valence-electron chi connectivity index (χ2n) is 7.71. The first-order chi connectivity index (χ1) is 15.0. The zero-order valence-corrected chi connectivity index (χ0v) is 18.1. The smallest absolute Gasteiger partial charge is 0.303 e. The molecule has 1 atom stereocenters. The third-order valence-electron chi connectivity index (χ3n) is 5.68. The van der Waals surface area contributed by atoms with Gasteiger partial charge in [-0.1, -0.05) is 90.6 Å². The zero-order valence-electron chi connectivity index (χ0n) is 17.3. The molecule has 1 spiro atoms. The molecule has 0 N–H and O–H groups in total. The van der Waals surface area contributed by atoms with Gasteiger partial charge in [0.05, 0.1) is 17.0 Å². The first-order valence-corrected chi connectivity index (χ1v) is 11.1. The van der Waals surface area contributed by atoms with Gasteiger partial charge >= 0.3 is 5.06 Å². The fourth-order valence-electron chi connectivity index (χ4n) is 4.28. The number of Topliss-reactive ketones (excluding diaryl/α,β-unsaturated/α-hetero) is 1. The monoisotopic (exact) mass is 427 g/mol. The molecule has 1 saturated heterocycles. The molecule has 0 aromatic heterocycles. The third-order valence-corrected chi connectivity index (χ3v) is 6.91. The number of aryl methyl sites for hydroxylation is 2.